The number of hydrogen-bond acceptors (Lipinski definition) is 7. The number of likely N-dealkylation sites (N-methyl/N-ethyl adjacent to an activating group) is 1. The lowest BCUT2D eigenvalue weighted by Gasteiger charge is -2.32. The Labute approximate surface area is 153 Å². The minimum Gasteiger partial charge on any atom is -0.492 e. The smallest absolute Gasteiger partial charge is 0.354 e. The van der Waals surface area contributed by atoms with Gasteiger partial charge in [0.2, 0.25) is 0 Å². The molecule has 2 rings (SSSR count). The van der Waals surface area contributed by atoms with Crippen LogP contribution in [-0.2, 0) is 19.1 Å². The normalized spacial score (nSPS) is 18.1. The number of carbonyl (C=O) groups excluding carboxylic acids is 2. The number of anilines is 1. The van der Waals surface area contributed by atoms with E-state index in [9.17, 15) is 9.59 Å². The van der Waals surface area contributed by atoms with Gasteiger partial charge in [-0.1, -0.05) is 6.42 Å². The fourth-order valence-corrected chi connectivity index (χ4v) is 2.77. The molecule has 1 fully saturated rings. The highest BCUT2D eigenvalue weighted by molar-refractivity contribution is 5.98. The predicted octanol–water partition coefficient (Wildman–Crippen LogP) is 2.19. The zero-order valence-electron chi connectivity index (χ0n) is 15.5. The first-order valence-corrected chi connectivity index (χ1v) is 8.61. The summed E-state index contributed by atoms with van der Waals surface area (Å²) >= 11 is 0. The van der Waals surface area contributed by atoms with Gasteiger partial charge in [-0.25, -0.2) is 9.59 Å². The molecule has 0 aliphatic carbocycles. The molecule has 0 bridgehead atoms. The van der Waals surface area contributed by atoms with Crippen molar-refractivity contribution in [3.05, 3.63) is 36.0 Å². The second-order valence-electron chi connectivity index (χ2n) is 6.16. The van der Waals surface area contributed by atoms with E-state index in [0.717, 1.165) is 24.8 Å². The van der Waals surface area contributed by atoms with Crippen LogP contribution in [0.2, 0.25) is 0 Å². The number of nitrogens with zero attached hydrogens (tertiary/aromatic N) is 1. The Balaban J connectivity index is 1.95. The van der Waals surface area contributed by atoms with Gasteiger partial charge >= 0.3 is 11.9 Å². The lowest BCUT2D eigenvalue weighted by molar-refractivity contribution is -0.138. The summed E-state index contributed by atoms with van der Waals surface area (Å²) in [7, 11) is 4.61. The molecule has 0 aromatic heterocycles. The van der Waals surface area contributed by atoms with E-state index < -0.39 is 11.9 Å². The Bertz CT molecular complexity index is 642. The highest BCUT2D eigenvalue weighted by Gasteiger charge is 2.19. The summed E-state index contributed by atoms with van der Waals surface area (Å²) in [5.74, 6) is -0.545. The molecule has 1 atom stereocenters. The summed E-state index contributed by atoms with van der Waals surface area (Å²) < 4.78 is 15.1. The molecule has 1 aliphatic heterocycles. The molecular formula is C19H26N2O5. The zero-order chi connectivity index (χ0) is 18.9. The summed E-state index contributed by atoms with van der Waals surface area (Å²) in [5, 5.41) is 2.86. The van der Waals surface area contributed by atoms with Gasteiger partial charge in [0.15, 0.2) is 0 Å². The summed E-state index contributed by atoms with van der Waals surface area (Å²) in [6.07, 6.45) is 4.69. The second-order valence-corrected chi connectivity index (χ2v) is 6.16. The maximum Gasteiger partial charge on any atom is 0.354 e. The van der Waals surface area contributed by atoms with Crippen molar-refractivity contribution in [1.82, 2.24) is 4.90 Å². The van der Waals surface area contributed by atoms with Crippen molar-refractivity contribution < 1.29 is 23.8 Å². The SMILES string of the molecule is COC(=O)/C=C(/Nc1ccc(OCC2CCCCN2C)cc1)C(=O)OC. The minimum absolute atomic E-state index is 0.00292. The van der Waals surface area contributed by atoms with Crippen molar-refractivity contribution >= 4 is 17.6 Å². The molecule has 7 nitrogen and oxygen atoms in total. The molecule has 0 spiro atoms. The second kappa shape index (κ2) is 9.82. The standard InChI is InChI=1S/C19H26N2O5/c1-21-11-5-4-6-15(21)13-26-16-9-7-14(8-10-16)20-17(19(23)25-3)12-18(22)24-2/h7-10,12,15,20H,4-6,11,13H2,1-3H3/b17-12+. The molecule has 26 heavy (non-hydrogen) atoms. The minimum atomic E-state index is -0.656. The van der Waals surface area contributed by atoms with Gasteiger partial charge in [-0.15, -0.1) is 0 Å². The van der Waals surface area contributed by atoms with E-state index in [2.05, 4.69) is 26.7 Å². The fourth-order valence-electron chi connectivity index (χ4n) is 2.77. The van der Waals surface area contributed by atoms with Gasteiger partial charge in [-0.05, 0) is 50.7 Å². The zero-order valence-corrected chi connectivity index (χ0v) is 15.5. The molecule has 1 heterocycles. The van der Waals surface area contributed by atoms with Gasteiger partial charge in [0, 0.05) is 11.7 Å². The predicted molar refractivity (Wildman–Crippen MR) is 97.9 cm³/mol. The molecule has 142 valence electrons. The van der Waals surface area contributed by atoms with Gasteiger partial charge in [-0.3, -0.25) is 0 Å². The summed E-state index contributed by atoms with van der Waals surface area (Å²) in [6, 6.07) is 7.62. The summed E-state index contributed by atoms with van der Waals surface area (Å²) in [5.41, 5.74) is 0.629. The van der Waals surface area contributed by atoms with E-state index in [1.54, 1.807) is 12.1 Å². The average Bonchev–Trinajstić information content (AvgIpc) is 2.67. The lowest BCUT2D eigenvalue weighted by Crippen LogP contribution is -2.40. The van der Waals surface area contributed by atoms with Crippen LogP contribution in [0.25, 0.3) is 0 Å². The largest absolute Gasteiger partial charge is 0.492 e. The van der Waals surface area contributed by atoms with Crippen molar-refractivity contribution in [2.75, 3.05) is 39.7 Å². The molecule has 0 amide bonds. The molecule has 1 aromatic rings. The third-order valence-electron chi connectivity index (χ3n) is 4.37. The third kappa shape index (κ3) is 5.77. The van der Waals surface area contributed by atoms with Gasteiger partial charge < -0.3 is 24.4 Å². The number of nitrogens with one attached hydrogen (secondary N) is 1. The number of methoxy groups -OCH3 is 2. The molecule has 0 radical (unpaired) electrons. The lowest BCUT2D eigenvalue weighted by atomic mass is 10.0. The number of hydrogen-bond donors (Lipinski definition) is 1. The first kappa shape index (κ1) is 19.8. The number of carbonyl (C=O) groups is 2. The monoisotopic (exact) mass is 362 g/mol. The van der Waals surface area contributed by atoms with Gasteiger partial charge in [-0.2, -0.15) is 0 Å². The molecular weight excluding hydrogens is 336 g/mol. The number of esters is 2. The molecule has 1 aromatic carbocycles. The van der Waals surface area contributed by atoms with Gasteiger partial charge in [0.1, 0.15) is 18.1 Å². The van der Waals surface area contributed by atoms with Crippen molar-refractivity contribution in [1.29, 1.82) is 0 Å². The first-order valence-electron chi connectivity index (χ1n) is 8.61. The highest BCUT2D eigenvalue weighted by Crippen LogP contribution is 2.20. The topological polar surface area (TPSA) is 77.1 Å². The first-order chi connectivity index (χ1) is 12.5. The van der Waals surface area contributed by atoms with E-state index in [1.165, 1.54) is 27.1 Å². The highest BCUT2D eigenvalue weighted by atomic mass is 16.5. The number of rotatable bonds is 7. The van der Waals surface area contributed by atoms with Crippen molar-refractivity contribution in [2.24, 2.45) is 0 Å². The quantitative estimate of drug-likeness (QED) is 0.588. The van der Waals surface area contributed by atoms with Crippen LogP contribution in [0.5, 0.6) is 5.75 Å². The number of likely N-dealkylation sites (tertiary alicyclic amines) is 1. The van der Waals surface area contributed by atoms with Crippen molar-refractivity contribution in [3.63, 3.8) is 0 Å². The van der Waals surface area contributed by atoms with Gasteiger partial charge in [0.25, 0.3) is 0 Å². The average molecular weight is 362 g/mol. The van der Waals surface area contributed by atoms with E-state index >= 15 is 0 Å². The van der Waals surface area contributed by atoms with Crippen molar-refractivity contribution in [3.8, 4) is 5.75 Å². The Kier molecular flexibility index (Phi) is 7.47. The molecule has 1 N–H and O–H groups in total. The maximum atomic E-state index is 11.8. The van der Waals surface area contributed by atoms with Gasteiger partial charge in [0.05, 0.1) is 20.3 Å². The van der Waals surface area contributed by atoms with Crippen LogP contribution in [0.3, 0.4) is 0 Å². The molecule has 7 heteroatoms. The Morgan fingerprint density at radius 3 is 2.54 bits per heavy atom. The number of piperidine rings is 1. The summed E-state index contributed by atoms with van der Waals surface area (Å²) in [4.78, 5) is 25.5. The van der Waals surface area contributed by atoms with E-state index in [4.69, 9.17) is 4.74 Å². The molecule has 1 aliphatic rings. The number of ether oxygens (including phenoxy) is 3. The summed E-state index contributed by atoms with van der Waals surface area (Å²) in [6.45, 7) is 1.76. The van der Waals surface area contributed by atoms with Crippen LogP contribution in [0.15, 0.2) is 36.0 Å². The van der Waals surface area contributed by atoms with E-state index in [-0.39, 0.29) is 5.70 Å². The van der Waals surface area contributed by atoms with Crippen LogP contribution < -0.4 is 10.1 Å². The van der Waals surface area contributed by atoms with Crippen molar-refractivity contribution in [2.45, 2.75) is 25.3 Å². The molecule has 0 saturated carbocycles. The van der Waals surface area contributed by atoms with Crippen LogP contribution in [0.1, 0.15) is 19.3 Å². The van der Waals surface area contributed by atoms with Crippen LogP contribution in [-0.4, -0.2) is 57.3 Å². The Hall–Kier alpha value is -2.54. The Morgan fingerprint density at radius 1 is 1.19 bits per heavy atom. The number of benzene rings is 1. The van der Waals surface area contributed by atoms with Crippen LogP contribution >= 0.6 is 0 Å². The fraction of sp³-hybridized carbons (Fsp3) is 0.474. The third-order valence-corrected chi connectivity index (χ3v) is 4.37. The maximum absolute atomic E-state index is 11.8. The van der Waals surface area contributed by atoms with E-state index in [1.807, 2.05) is 12.1 Å². The molecule has 1 saturated heterocycles. The van der Waals surface area contributed by atoms with E-state index in [0.29, 0.717) is 18.3 Å². The Morgan fingerprint density at radius 2 is 1.92 bits per heavy atom. The van der Waals surface area contributed by atoms with Crippen LogP contribution in [0, 0.1) is 0 Å². The molecule has 1 unspecified atom stereocenters. The van der Waals surface area contributed by atoms with Crippen LogP contribution in [0.4, 0.5) is 5.69 Å².